The van der Waals surface area contributed by atoms with Crippen LogP contribution in [0.2, 0.25) is 5.02 Å². The van der Waals surface area contributed by atoms with Crippen LogP contribution in [0.5, 0.6) is 0 Å². The molecule has 1 aliphatic rings. The molecule has 1 aromatic rings. The van der Waals surface area contributed by atoms with Gasteiger partial charge in [0.15, 0.2) is 0 Å². The molecule has 8 nitrogen and oxygen atoms in total. The fourth-order valence-corrected chi connectivity index (χ4v) is 3.56. The molecule has 1 saturated carbocycles. The van der Waals surface area contributed by atoms with Gasteiger partial charge in [-0.15, -0.1) is 0 Å². The lowest BCUT2D eigenvalue weighted by atomic mass is 9.84. The highest BCUT2D eigenvalue weighted by Crippen LogP contribution is 2.27. The standard InChI is InChI=1S/C17H23ClN4O4/c18-12-7-4-8-14(22(25)26)16(12)17(24)20-10-15(23)21-13(9-19)11-5-2-1-3-6-11/h4,7-8,11,13H,1-3,5-6,9-10,19H2,(H,20,24)(H,21,23). The molecule has 2 rings (SSSR count). The third-order valence-electron chi connectivity index (χ3n) is 4.64. The molecule has 9 heteroatoms. The molecule has 142 valence electrons. The third kappa shape index (κ3) is 5.15. The van der Waals surface area contributed by atoms with E-state index in [0.29, 0.717) is 12.5 Å². The normalized spacial score (nSPS) is 15.9. The quantitative estimate of drug-likeness (QED) is 0.491. The second kappa shape index (κ2) is 9.49. The van der Waals surface area contributed by atoms with Crippen molar-refractivity contribution < 1.29 is 14.5 Å². The summed E-state index contributed by atoms with van der Waals surface area (Å²) in [6.07, 6.45) is 5.52. The van der Waals surface area contributed by atoms with Gasteiger partial charge in [-0.05, 0) is 24.8 Å². The third-order valence-corrected chi connectivity index (χ3v) is 4.96. The predicted octanol–water partition coefficient (Wildman–Crippen LogP) is 2.00. The summed E-state index contributed by atoms with van der Waals surface area (Å²) in [5.41, 5.74) is 5.12. The molecule has 1 unspecified atom stereocenters. The Hall–Kier alpha value is -2.19. The average molecular weight is 383 g/mol. The fraction of sp³-hybridized carbons (Fsp3) is 0.529. The van der Waals surface area contributed by atoms with E-state index in [4.69, 9.17) is 17.3 Å². The highest BCUT2D eigenvalue weighted by molar-refractivity contribution is 6.34. The van der Waals surface area contributed by atoms with Crippen molar-refractivity contribution >= 4 is 29.1 Å². The van der Waals surface area contributed by atoms with Gasteiger partial charge in [-0.2, -0.15) is 0 Å². The second-order valence-corrected chi connectivity index (χ2v) is 6.79. The average Bonchev–Trinajstić information content (AvgIpc) is 2.64. The van der Waals surface area contributed by atoms with Crippen LogP contribution in [0.15, 0.2) is 18.2 Å². The van der Waals surface area contributed by atoms with Gasteiger partial charge in [0.05, 0.1) is 16.5 Å². The Balaban J connectivity index is 1.94. The molecular weight excluding hydrogens is 360 g/mol. The Morgan fingerprint density at radius 3 is 2.62 bits per heavy atom. The minimum atomic E-state index is -0.764. The van der Waals surface area contributed by atoms with E-state index in [1.807, 2.05) is 0 Å². The monoisotopic (exact) mass is 382 g/mol. The van der Waals surface area contributed by atoms with Gasteiger partial charge >= 0.3 is 0 Å². The zero-order valence-electron chi connectivity index (χ0n) is 14.4. The number of nitrogens with one attached hydrogen (secondary N) is 2. The number of nitro groups is 1. The van der Waals surface area contributed by atoms with Gasteiger partial charge in [0.1, 0.15) is 5.56 Å². The van der Waals surface area contributed by atoms with E-state index in [1.54, 1.807) is 0 Å². The number of halogens is 1. The molecule has 0 radical (unpaired) electrons. The van der Waals surface area contributed by atoms with Crippen LogP contribution in [0, 0.1) is 16.0 Å². The van der Waals surface area contributed by atoms with E-state index in [2.05, 4.69) is 10.6 Å². The summed E-state index contributed by atoms with van der Waals surface area (Å²) in [6.45, 7) is 0.0325. The summed E-state index contributed by atoms with van der Waals surface area (Å²) in [7, 11) is 0. The van der Waals surface area contributed by atoms with Crippen molar-refractivity contribution in [3.8, 4) is 0 Å². The summed E-state index contributed by atoms with van der Waals surface area (Å²) in [5, 5.41) is 16.2. The van der Waals surface area contributed by atoms with Crippen LogP contribution in [0.25, 0.3) is 0 Å². The van der Waals surface area contributed by atoms with Crippen LogP contribution in [0.3, 0.4) is 0 Å². The lowest BCUT2D eigenvalue weighted by Crippen LogP contribution is -2.49. The molecule has 0 bridgehead atoms. The van der Waals surface area contributed by atoms with E-state index in [1.165, 1.54) is 24.6 Å². The highest BCUT2D eigenvalue weighted by Gasteiger charge is 2.26. The van der Waals surface area contributed by atoms with Crippen LogP contribution in [0.4, 0.5) is 5.69 Å². The molecular formula is C17H23ClN4O4. The first-order valence-electron chi connectivity index (χ1n) is 8.64. The van der Waals surface area contributed by atoms with Gasteiger partial charge in [0.25, 0.3) is 11.6 Å². The summed E-state index contributed by atoms with van der Waals surface area (Å²) >= 11 is 5.91. The Kier molecular flexibility index (Phi) is 7.35. The Bertz CT molecular complexity index is 677. The van der Waals surface area contributed by atoms with Crippen LogP contribution in [0.1, 0.15) is 42.5 Å². The van der Waals surface area contributed by atoms with E-state index < -0.39 is 16.5 Å². The van der Waals surface area contributed by atoms with E-state index in [0.717, 1.165) is 25.7 Å². The second-order valence-electron chi connectivity index (χ2n) is 6.38. The maximum atomic E-state index is 12.2. The summed E-state index contributed by atoms with van der Waals surface area (Å²) < 4.78 is 0. The number of benzene rings is 1. The molecule has 0 heterocycles. The predicted molar refractivity (Wildman–Crippen MR) is 98.0 cm³/mol. The van der Waals surface area contributed by atoms with Crippen LogP contribution in [-0.4, -0.2) is 35.9 Å². The number of hydrogen-bond acceptors (Lipinski definition) is 5. The summed E-state index contributed by atoms with van der Waals surface area (Å²) in [4.78, 5) is 34.8. The maximum absolute atomic E-state index is 12.2. The minimum Gasteiger partial charge on any atom is -0.350 e. The number of carbonyl (C=O) groups excluding carboxylic acids is 2. The SMILES string of the molecule is NCC(NC(=O)CNC(=O)c1c(Cl)cccc1[N+](=O)[O-])C1CCCCC1. The number of rotatable bonds is 7. The molecule has 0 spiro atoms. The van der Waals surface area contributed by atoms with Crippen molar-refractivity contribution in [1.82, 2.24) is 10.6 Å². The number of nitrogens with zero attached hydrogens (tertiary/aromatic N) is 1. The van der Waals surface area contributed by atoms with Crippen molar-refractivity contribution in [3.63, 3.8) is 0 Å². The molecule has 26 heavy (non-hydrogen) atoms. The van der Waals surface area contributed by atoms with Crippen molar-refractivity contribution in [2.45, 2.75) is 38.1 Å². The Morgan fingerprint density at radius 2 is 2.00 bits per heavy atom. The van der Waals surface area contributed by atoms with E-state index in [9.17, 15) is 19.7 Å². The molecule has 4 N–H and O–H groups in total. The molecule has 0 aliphatic heterocycles. The number of nitro benzene ring substituents is 1. The number of amides is 2. The number of nitrogens with two attached hydrogens (primary N) is 1. The smallest absolute Gasteiger partial charge is 0.283 e. The molecule has 2 amide bonds. The van der Waals surface area contributed by atoms with Crippen LogP contribution in [-0.2, 0) is 4.79 Å². The largest absolute Gasteiger partial charge is 0.350 e. The first-order valence-corrected chi connectivity index (χ1v) is 9.02. The molecule has 1 fully saturated rings. The van der Waals surface area contributed by atoms with Crippen molar-refractivity contribution in [1.29, 1.82) is 0 Å². The van der Waals surface area contributed by atoms with E-state index in [-0.39, 0.29) is 29.1 Å². The minimum absolute atomic E-state index is 0.0425. The Labute approximate surface area is 156 Å². The van der Waals surface area contributed by atoms with Gasteiger partial charge < -0.3 is 16.4 Å². The zero-order valence-corrected chi connectivity index (χ0v) is 15.1. The van der Waals surface area contributed by atoms with E-state index >= 15 is 0 Å². The molecule has 0 aromatic heterocycles. The summed E-state index contributed by atoms with van der Waals surface area (Å²) in [5.74, 6) is -0.799. The molecule has 1 aliphatic carbocycles. The first kappa shape index (κ1) is 20.1. The van der Waals surface area contributed by atoms with Crippen LogP contribution < -0.4 is 16.4 Å². The molecule has 0 saturated heterocycles. The highest BCUT2D eigenvalue weighted by atomic mass is 35.5. The maximum Gasteiger partial charge on any atom is 0.283 e. The van der Waals surface area contributed by atoms with Crippen molar-refractivity contribution in [2.24, 2.45) is 11.7 Å². The Morgan fingerprint density at radius 1 is 1.31 bits per heavy atom. The van der Waals surface area contributed by atoms with Gasteiger partial charge in [-0.3, -0.25) is 19.7 Å². The van der Waals surface area contributed by atoms with Gasteiger partial charge in [0, 0.05) is 18.7 Å². The van der Waals surface area contributed by atoms with Crippen molar-refractivity contribution in [3.05, 3.63) is 38.9 Å². The lowest BCUT2D eigenvalue weighted by molar-refractivity contribution is -0.385. The van der Waals surface area contributed by atoms with Crippen LogP contribution >= 0.6 is 11.6 Å². The van der Waals surface area contributed by atoms with Gasteiger partial charge in [0.2, 0.25) is 5.91 Å². The van der Waals surface area contributed by atoms with Gasteiger partial charge in [-0.25, -0.2) is 0 Å². The summed E-state index contributed by atoms with van der Waals surface area (Å²) in [6, 6.07) is 3.83. The lowest BCUT2D eigenvalue weighted by Gasteiger charge is -2.30. The topological polar surface area (TPSA) is 127 Å². The number of carbonyl (C=O) groups is 2. The molecule has 1 atom stereocenters. The van der Waals surface area contributed by atoms with Crippen molar-refractivity contribution in [2.75, 3.05) is 13.1 Å². The fourth-order valence-electron chi connectivity index (χ4n) is 3.30. The first-order chi connectivity index (χ1) is 12.4. The zero-order chi connectivity index (χ0) is 19.1. The number of hydrogen-bond donors (Lipinski definition) is 3. The van der Waals surface area contributed by atoms with Gasteiger partial charge in [-0.1, -0.05) is 36.9 Å². The molecule has 1 aromatic carbocycles.